The number of amides is 1. The predicted molar refractivity (Wildman–Crippen MR) is 77.7 cm³/mol. The van der Waals surface area contributed by atoms with E-state index in [9.17, 15) is 14.7 Å². The Kier molecular flexibility index (Phi) is 5.20. The average molecular weight is 291 g/mol. The van der Waals surface area contributed by atoms with Crippen LogP contribution in [0.2, 0.25) is 0 Å². The Balaban J connectivity index is 2.32. The van der Waals surface area contributed by atoms with E-state index >= 15 is 0 Å². The summed E-state index contributed by atoms with van der Waals surface area (Å²) in [6.45, 7) is 2.58. The van der Waals surface area contributed by atoms with Crippen molar-refractivity contribution in [2.75, 3.05) is 13.2 Å². The molecule has 1 aromatic carbocycles. The number of hydrogen-bond donors (Lipinski definition) is 1. The first-order valence-corrected chi connectivity index (χ1v) is 7.38. The number of nitrogens with zero attached hydrogens (tertiary/aromatic N) is 1. The van der Waals surface area contributed by atoms with Gasteiger partial charge < -0.3 is 14.7 Å². The van der Waals surface area contributed by atoms with Gasteiger partial charge in [0.25, 0.3) is 0 Å². The molecule has 1 atom stereocenters. The van der Waals surface area contributed by atoms with E-state index < -0.39 is 12.0 Å². The molecule has 2 rings (SSSR count). The number of ether oxygens (including phenoxy) is 1. The van der Waals surface area contributed by atoms with Crippen LogP contribution in [0.3, 0.4) is 0 Å². The second-order valence-corrected chi connectivity index (χ2v) is 5.14. The largest absolute Gasteiger partial charge is 0.508 e. The molecule has 114 valence electrons. The summed E-state index contributed by atoms with van der Waals surface area (Å²) >= 11 is 0. The standard InChI is InChI=1S/C16H21NO4/c1-2-21-16(20)15(12-7-9-13(18)10-8-12)17-11-5-3-4-6-14(17)19/h7-10,15,18H,2-6,11H2,1H3/t15-/m1/s1. The van der Waals surface area contributed by atoms with Gasteiger partial charge in [-0.05, 0) is 37.5 Å². The normalized spacial score (nSPS) is 17.2. The van der Waals surface area contributed by atoms with Crippen LogP contribution in [0.1, 0.15) is 44.2 Å². The van der Waals surface area contributed by atoms with Crippen LogP contribution in [0.15, 0.2) is 24.3 Å². The molecule has 0 bridgehead atoms. The zero-order chi connectivity index (χ0) is 15.2. The highest BCUT2D eigenvalue weighted by Gasteiger charge is 2.32. The Morgan fingerprint density at radius 1 is 1.29 bits per heavy atom. The van der Waals surface area contributed by atoms with Crippen molar-refractivity contribution in [1.82, 2.24) is 4.90 Å². The maximum absolute atomic E-state index is 12.3. The lowest BCUT2D eigenvalue weighted by Crippen LogP contribution is -2.39. The number of carbonyl (C=O) groups is 2. The third-order valence-electron chi connectivity index (χ3n) is 3.64. The molecule has 5 heteroatoms. The fourth-order valence-corrected chi connectivity index (χ4v) is 2.60. The smallest absolute Gasteiger partial charge is 0.333 e. The first-order chi connectivity index (χ1) is 10.1. The number of phenolic OH excluding ortho intramolecular Hbond substituents is 1. The lowest BCUT2D eigenvalue weighted by molar-refractivity contribution is -0.155. The third-order valence-corrected chi connectivity index (χ3v) is 3.64. The Morgan fingerprint density at radius 3 is 2.67 bits per heavy atom. The van der Waals surface area contributed by atoms with Crippen molar-refractivity contribution in [3.8, 4) is 5.75 Å². The fourth-order valence-electron chi connectivity index (χ4n) is 2.60. The van der Waals surface area contributed by atoms with Crippen molar-refractivity contribution in [1.29, 1.82) is 0 Å². The van der Waals surface area contributed by atoms with Crippen molar-refractivity contribution in [3.63, 3.8) is 0 Å². The Bertz CT molecular complexity index is 498. The zero-order valence-electron chi connectivity index (χ0n) is 12.2. The van der Waals surface area contributed by atoms with Crippen LogP contribution < -0.4 is 0 Å². The number of rotatable bonds is 4. The first kappa shape index (κ1) is 15.4. The lowest BCUT2D eigenvalue weighted by atomic mass is 10.0. The molecule has 5 nitrogen and oxygen atoms in total. The van der Waals surface area contributed by atoms with Crippen LogP contribution in [0.25, 0.3) is 0 Å². The van der Waals surface area contributed by atoms with Crippen LogP contribution in [0.4, 0.5) is 0 Å². The predicted octanol–water partition coefficient (Wildman–Crippen LogP) is 2.40. The maximum Gasteiger partial charge on any atom is 0.333 e. The second kappa shape index (κ2) is 7.11. The van der Waals surface area contributed by atoms with Gasteiger partial charge in [-0.25, -0.2) is 4.79 Å². The van der Waals surface area contributed by atoms with E-state index in [1.807, 2.05) is 0 Å². The van der Waals surface area contributed by atoms with Gasteiger partial charge in [0, 0.05) is 13.0 Å². The lowest BCUT2D eigenvalue weighted by Gasteiger charge is -2.29. The summed E-state index contributed by atoms with van der Waals surface area (Å²) in [5.41, 5.74) is 0.668. The number of carbonyl (C=O) groups excluding carboxylic acids is 2. The molecule has 21 heavy (non-hydrogen) atoms. The Hall–Kier alpha value is -2.04. The van der Waals surface area contributed by atoms with Crippen LogP contribution in [0, 0.1) is 0 Å². The van der Waals surface area contributed by atoms with E-state index in [0.29, 0.717) is 18.5 Å². The molecule has 1 amide bonds. The molecule has 1 fully saturated rings. The molecule has 0 aromatic heterocycles. The summed E-state index contributed by atoms with van der Waals surface area (Å²) in [5.74, 6) is -0.305. The van der Waals surface area contributed by atoms with Crippen molar-refractivity contribution < 1.29 is 19.4 Å². The van der Waals surface area contributed by atoms with Gasteiger partial charge in [-0.3, -0.25) is 4.79 Å². The summed E-state index contributed by atoms with van der Waals surface area (Å²) in [5, 5.41) is 9.39. The van der Waals surface area contributed by atoms with Crippen LogP contribution >= 0.6 is 0 Å². The number of esters is 1. The van der Waals surface area contributed by atoms with Crippen LogP contribution in [0.5, 0.6) is 5.75 Å². The maximum atomic E-state index is 12.3. The molecule has 1 aromatic rings. The number of likely N-dealkylation sites (tertiary alicyclic amines) is 1. The summed E-state index contributed by atoms with van der Waals surface area (Å²) < 4.78 is 5.14. The summed E-state index contributed by atoms with van der Waals surface area (Å²) in [4.78, 5) is 26.2. The van der Waals surface area contributed by atoms with Gasteiger partial charge in [0.1, 0.15) is 5.75 Å². The highest BCUT2D eigenvalue weighted by Crippen LogP contribution is 2.27. The molecule has 1 aliphatic heterocycles. The van der Waals surface area contributed by atoms with E-state index in [1.165, 1.54) is 12.1 Å². The topological polar surface area (TPSA) is 66.8 Å². The van der Waals surface area contributed by atoms with Gasteiger partial charge in [0.05, 0.1) is 6.61 Å². The molecule has 0 spiro atoms. The van der Waals surface area contributed by atoms with Gasteiger partial charge in [-0.15, -0.1) is 0 Å². The molecule has 1 heterocycles. The summed E-state index contributed by atoms with van der Waals surface area (Å²) in [6, 6.07) is 5.63. The quantitative estimate of drug-likeness (QED) is 0.865. The van der Waals surface area contributed by atoms with Gasteiger partial charge in [-0.2, -0.15) is 0 Å². The van der Waals surface area contributed by atoms with E-state index in [0.717, 1.165) is 19.3 Å². The number of benzene rings is 1. The minimum Gasteiger partial charge on any atom is -0.508 e. The molecule has 0 saturated carbocycles. The van der Waals surface area contributed by atoms with Crippen LogP contribution in [-0.2, 0) is 14.3 Å². The molecular formula is C16H21NO4. The highest BCUT2D eigenvalue weighted by atomic mass is 16.5. The molecule has 1 saturated heterocycles. The van der Waals surface area contributed by atoms with E-state index in [-0.39, 0.29) is 18.3 Å². The fraction of sp³-hybridized carbons (Fsp3) is 0.500. The number of phenols is 1. The first-order valence-electron chi connectivity index (χ1n) is 7.38. The minimum absolute atomic E-state index is 0.0152. The van der Waals surface area contributed by atoms with Crippen molar-refractivity contribution in [2.24, 2.45) is 0 Å². The molecule has 0 aliphatic carbocycles. The van der Waals surface area contributed by atoms with Crippen molar-refractivity contribution in [2.45, 2.75) is 38.6 Å². The van der Waals surface area contributed by atoms with Gasteiger partial charge in [0.15, 0.2) is 6.04 Å². The summed E-state index contributed by atoms with van der Waals surface area (Å²) in [7, 11) is 0. The third kappa shape index (κ3) is 3.74. The molecular weight excluding hydrogens is 270 g/mol. The number of hydrogen-bond acceptors (Lipinski definition) is 4. The Morgan fingerprint density at radius 2 is 2.00 bits per heavy atom. The van der Waals surface area contributed by atoms with E-state index in [2.05, 4.69) is 0 Å². The monoisotopic (exact) mass is 291 g/mol. The molecule has 0 unspecified atom stereocenters. The molecule has 1 N–H and O–H groups in total. The molecule has 0 radical (unpaired) electrons. The van der Waals surface area contributed by atoms with Gasteiger partial charge >= 0.3 is 5.97 Å². The molecule has 1 aliphatic rings. The second-order valence-electron chi connectivity index (χ2n) is 5.14. The van der Waals surface area contributed by atoms with Crippen molar-refractivity contribution in [3.05, 3.63) is 29.8 Å². The van der Waals surface area contributed by atoms with Crippen LogP contribution in [-0.4, -0.2) is 35.0 Å². The zero-order valence-corrected chi connectivity index (χ0v) is 12.2. The van der Waals surface area contributed by atoms with Gasteiger partial charge in [-0.1, -0.05) is 18.6 Å². The average Bonchev–Trinajstić information content (AvgIpc) is 2.67. The van der Waals surface area contributed by atoms with E-state index in [1.54, 1.807) is 24.0 Å². The SMILES string of the molecule is CCOC(=O)[C@@H](c1ccc(O)cc1)N1CCCCCC1=O. The van der Waals surface area contributed by atoms with E-state index in [4.69, 9.17) is 4.74 Å². The Labute approximate surface area is 124 Å². The number of aromatic hydroxyl groups is 1. The summed E-state index contributed by atoms with van der Waals surface area (Å²) in [6.07, 6.45) is 3.21. The van der Waals surface area contributed by atoms with Gasteiger partial charge in [0.2, 0.25) is 5.91 Å². The van der Waals surface area contributed by atoms with Crippen molar-refractivity contribution >= 4 is 11.9 Å². The minimum atomic E-state index is -0.726. The highest BCUT2D eigenvalue weighted by molar-refractivity contribution is 5.85.